The molecule has 0 spiro atoms. The van der Waals surface area contributed by atoms with Crippen LogP contribution in [0, 0.1) is 0 Å². The Morgan fingerprint density at radius 2 is 1.88 bits per heavy atom. The Labute approximate surface area is 155 Å². The second-order valence-corrected chi connectivity index (χ2v) is 6.69. The van der Waals surface area contributed by atoms with E-state index in [1.807, 2.05) is 0 Å². The van der Waals surface area contributed by atoms with Gasteiger partial charge in [0.1, 0.15) is 11.6 Å². The van der Waals surface area contributed by atoms with E-state index in [1.54, 1.807) is 0 Å². The zero-order valence-corrected chi connectivity index (χ0v) is 15.3. The summed E-state index contributed by atoms with van der Waals surface area (Å²) in [5.74, 6) is 2.88. The Morgan fingerprint density at radius 3 is 2.68 bits per heavy atom. The molecule has 1 N–H and O–H groups in total. The molecule has 0 amide bonds. The van der Waals surface area contributed by atoms with Gasteiger partial charge < -0.3 is 9.88 Å². The maximum Gasteiger partial charge on any atom is 0.147 e. The number of hydrogen-bond donors (Lipinski definition) is 1. The summed E-state index contributed by atoms with van der Waals surface area (Å²) in [6.07, 6.45) is 6.86. The van der Waals surface area contributed by atoms with Gasteiger partial charge in [-0.25, -0.2) is 0 Å². The number of rotatable bonds is 4. The van der Waals surface area contributed by atoms with Crippen molar-refractivity contribution in [2.24, 2.45) is 0 Å². The van der Waals surface area contributed by atoms with Crippen LogP contribution in [0.3, 0.4) is 0 Å². The van der Waals surface area contributed by atoms with Crippen LogP contribution in [0.5, 0.6) is 0 Å². The van der Waals surface area contributed by atoms with Gasteiger partial charge in [-0.15, -0.1) is 22.6 Å². The van der Waals surface area contributed by atoms with Crippen LogP contribution in [0.2, 0.25) is 0 Å². The second kappa shape index (κ2) is 8.61. The smallest absolute Gasteiger partial charge is 0.147 e. The van der Waals surface area contributed by atoms with E-state index >= 15 is 0 Å². The van der Waals surface area contributed by atoms with Gasteiger partial charge in [-0.3, -0.25) is 4.90 Å². The number of nitrogens with one attached hydrogen (secondary N) is 1. The zero-order chi connectivity index (χ0) is 16.2. The lowest BCUT2D eigenvalue weighted by Crippen LogP contribution is -2.35. The Hall–Kier alpha value is -1.69. The first-order valence-electron chi connectivity index (χ1n) is 8.97. The first kappa shape index (κ1) is 18.1. The lowest BCUT2D eigenvalue weighted by Gasteiger charge is -2.31. The molecule has 2 aromatic rings. The molecule has 6 heteroatoms. The number of nitrogens with zero attached hydrogens (tertiary/aromatic N) is 4. The molecular weight excluding hydrogens is 334 g/mol. The quantitative estimate of drug-likeness (QED) is 0.911. The average molecular weight is 360 g/mol. The molecule has 0 aliphatic carbocycles. The van der Waals surface area contributed by atoms with Crippen molar-refractivity contribution in [3.05, 3.63) is 53.6 Å². The Balaban J connectivity index is 0.00000182. The molecule has 3 heterocycles. The maximum absolute atomic E-state index is 4.49. The molecule has 0 atom stereocenters. The third kappa shape index (κ3) is 4.29. The minimum Gasteiger partial charge on any atom is -0.312 e. The minimum absolute atomic E-state index is 0. The second-order valence-electron chi connectivity index (χ2n) is 6.69. The van der Waals surface area contributed by atoms with Crippen molar-refractivity contribution in [1.82, 2.24) is 25.0 Å². The van der Waals surface area contributed by atoms with Gasteiger partial charge in [-0.05, 0) is 31.5 Å². The topological polar surface area (TPSA) is 46.0 Å². The van der Waals surface area contributed by atoms with E-state index in [4.69, 9.17) is 0 Å². The van der Waals surface area contributed by atoms with Gasteiger partial charge in [0.15, 0.2) is 0 Å². The molecule has 1 fully saturated rings. The summed E-state index contributed by atoms with van der Waals surface area (Å²) in [5, 5.41) is 12.2. The number of hydrogen-bond acceptors (Lipinski definition) is 4. The summed E-state index contributed by atoms with van der Waals surface area (Å²) >= 11 is 0. The number of halogens is 1. The van der Waals surface area contributed by atoms with Crippen LogP contribution in [0.15, 0.2) is 36.4 Å². The largest absolute Gasteiger partial charge is 0.312 e. The van der Waals surface area contributed by atoms with Gasteiger partial charge in [0.05, 0.1) is 6.54 Å². The highest BCUT2D eigenvalue weighted by molar-refractivity contribution is 5.85. The van der Waals surface area contributed by atoms with Crippen LogP contribution in [0.1, 0.15) is 36.0 Å². The predicted octanol–water partition coefficient (Wildman–Crippen LogP) is 2.70. The van der Waals surface area contributed by atoms with Crippen molar-refractivity contribution in [3.8, 4) is 0 Å². The zero-order valence-electron chi connectivity index (χ0n) is 14.5. The fourth-order valence-electron chi connectivity index (χ4n) is 3.69. The van der Waals surface area contributed by atoms with E-state index in [-0.39, 0.29) is 12.4 Å². The van der Waals surface area contributed by atoms with E-state index in [9.17, 15) is 0 Å². The minimum atomic E-state index is 0. The molecule has 5 nitrogen and oxygen atoms in total. The average Bonchev–Trinajstić information content (AvgIpc) is 3.07. The first-order chi connectivity index (χ1) is 11.9. The lowest BCUT2D eigenvalue weighted by molar-refractivity contribution is 0.226. The van der Waals surface area contributed by atoms with Gasteiger partial charge in [-0.1, -0.05) is 42.5 Å². The van der Waals surface area contributed by atoms with Crippen molar-refractivity contribution < 1.29 is 0 Å². The summed E-state index contributed by atoms with van der Waals surface area (Å²) in [4.78, 5) is 2.53. The molecule has 1 aromatic carbocycles. The summed E-state index contributed by atoms with van der Waals surface area (Å²) in [7, 11) is 0. The van der Waals surface area contributed by atoms with Crippen molar-refractivity contribution >= 4 is 18.5 Å². The lowest BCUT2D eigenvalue weighted by atomic mass is 9.95. The van der Waals surface area contributed by atoms with Gasteiger partial charge >= 0.3 is 0 Å². The molecule has 0 bridgehead atoms. The number of piperidine rings is 1. The molecular formula is C19H26ClN5. The molecule has 2 aliphatic rings. The van der Waals surface area contributed by atoms with Crippen LogP contribution in [-0.4, -0.2) is 45.8 Å². The number of likely N-dealkylation sites (tertiary alicyclic amines) is 1. The standard InChI is InChI=1S/C19H25N5.ClH/c1-2-5-16(6-3-1)7-4-11-23-12-8-17(9-13-23)19-22-21-18-15-20-10-14-24(18)19;/h1-7,17,20H,8-15H2;1H/b7-4+;. The third-order valence-electron chi connectivity index (χ3n) is 5.08. The van der Waals surface area contributed by atoms with Gasteiger partial charge in [0.2, 0.25) is 0 Å². The van der Waals surface area contributed by atoms with Gasteiger partial charge in [-0.2, -0.15) is 0 Å². The summed E-state index contributed by atoms with van der Waals surface area (Å²) in [6.45, 7) is 6.22. The van der Waals surface area contributed by atoms with Crippen molar-refractivity contribution in [3.63, 3.8) is 0 Å². The van der Waals surface area contributed by atoms with Crippen LogP contribution >= 0.6 is 12.4 Å². The van der Waals surface area contributed by atoms with Crippen molar-refractivity contribution in [1.29, 1.82) is 0 Å². The van der Waals surface area contributed by atoms with E-state index in [1.165, 1.54) is 24.2 Å². The Morgan fingerprint density at radius 1 is 1.08 bits per heavy atom. The van der Waals surface area contributed by atoms with Crippen molar-refractivity contribution in [2.45, 2.75) is 31.8 Å². The Kier molecular flexibility index (Phi) is 6.24. The molecule has 0 radical (unpaired) electrons. The summed E-state index contributed by atoms with van der Waals surface area (Å²) in [6, 6.07) is 10.5. The molecule has 134 valence electrons. The number of fused-ring (bicyclic) bond motifs is 1. The van der Waals surface area contributed by atoms with E-state index < -0.39 is 0 Å². The highest BCUT2D eigenvalue weighted by atomic mass is 35.5. The normalized spacial score (nSPS) is 18.9. The third-order valence-corrected chi connectivity index (χ3v) is 5.08. The van der Waals surface area contributed by atoms with E-state index in [2.05, 4.69) is 67.5 Å². The number of benzene rings is 1. The summed E-state index contributed by atoms with van der Waals surface area (Å²) in [5.41, 5.74) is 1.27. The van der Waals surface area contributed by atoms with Gasteiger partial charge in [0, 0.05) is 25.6 Å². The van der Waals surface area contributed by atoms with Crippen molar-refractivity contribution in [2.75, 3.05) is 26.2 Å². The molecule has 25 heavy (non-hydrogen) atoms. The monoisotopic (exact) mass is 359 g/mol. The van der Waals surface area contributed by atoms with Crippen LogP contribution in [0.25, 0.3) is 6.08 Å². The molecule has 0 unspecified atom stereocenters. The van der Waals surface area contributed by atoms with Gasteiger partial charge in [0.25, 0.3) is 0 Å². The molecule has 0 saturated carbocycles. The Bertz CT molecular complexity index is 689. The van der Waals surface area contributed by atoms with E-state index in [0.29, 0.717) is 5.92 Å². The SMILES string of the molecule is C(=C\c1ccccc1)/CN1CCC(c2nnc3n2CCNC3)CC1.Cl. The maximum atomic E-state index is 4.49. The molecule has 2 aliphatic heterocycles. The van der Waals surface area contributed by atoms with E-state index in [0.717, 1.165) is 45.1 Å². The highest BCUT2D eigenvalue weighted by Gasteiger charge is 2.26. The summed E-state index contributed by atoms with van der Waals surface area (Å²) < 4.78 is 2.34. The molecule has 4 rings (SSSR count). The molecule has 1 saturated heterocycles. The first-order valence-corrected chi connectivity index (χ1v) is 8.97. The van der Waals surface area contributed by atoms with Crippen LogP contribution < -0.4 is 5.32 Å². The van der Waals surface area contributed by atoms with Crippen LogP contribution in [-0.2, 0) is 13.1 Å². The number of aromatic nitrogens is 3. The van der Waals surface area contributed by atoms with Crippen LogP contribution in [0.4, 0.5) is 0 Å². The fraction of sp³-hybridized carbons (Fsp3) is 0.474. The molecule has 1 aromatic heterocycles. The fourth-order valence-corrected chi connectivity index (χ4v) is 3.69. The predicted molar refractivity (Wildman–Crippen MR) is 103 cm³/mol. The highest BCUT2D eigenvalue weighted by Crippen LogP contribution is 2.27.